The van der Waals surface area contributed by atoms with Crippen LogP contribution in [0.5, 0.6) is 0 Å². The van der Waals surface area contributed by atoms with Crippen LogP contribution in [0, 0.1) is 5.82 Å². The predicted molar refractivity (Wildman–Crippen MR) is 67.7 cm³/mol. The quantitative estimate of drug-likeness (QED) is 0.853. The van der Waals surface area contributed by atoms with Crippen molar-refractivity contribution in [3.8, 4) is 0 Å². The highest BCUT2D eigenvalue weighted by atomic mass is 35.5. The van der Waals surface area contributed by atoms with E-state index in [9.17, 15) is 9.18 Å². The summed E-state index contributed by atoms with van der Waals surface area (Å²) >= 11 is 5.91. The number of benzene rings is 1. The molecule has 1 aromatic rings. The number of amides is 1. The minimum atomic E-state index is -0.445. The van der Waals surface area contributed by atoms with Gasteiger partial charge in [-0.05, 0) is 11.6 Å². The average molecular weight is 272 g/mol. The largest absolute Gasteiger partial charge is 0.368 e. The summed E-state index contributed by atoms with van der Waals surface area (Å²) in [5, 5.41) is 3.22. The minimum absolute atomic E-state index is 0.110. The molecule has 1 atom stereocenters. The molecule has 1 aliphatic heterocycles. The minimum Gasteiger partial charge on any atom is -0.368 e. The first-order chi connectivity index (χ1) is 8.59. The zero-order valence-electron chi connectivity index (χ0n) is 9.83. The Hall–Kier alpha value is -1.17. The van der Waals surface area contributed by atoms with Gasteiger partial charge >= 0.3 is 0 Å². The highest BCUT2D eigenvalue weighted by Crippen LogP contribution is 2.22. The summed E-state index contributed by atoms with van der Waals surface area (Å²) in [6.45, 7) is 2.39. The van der Waals surface area contributed by atoms with Gasteiger partial charge in [-0.15, -0.1) is 0 Å². The number of piperazine rings is 1. The fourth-order valence-electron chi connectivity index (χ4n) is 2.11. The van der Waals surface area contributed by atoms with Gasteiger partial charge in [0, 0.05) is 26.2 Å². The number of primary amides is 1. The van der Waals surface area contributed by atoms with Crippen molar-refractivity contribution in [3.63, 3.8) is 0 Å². The number of halogens is 2. The van der Waals surface area contributed by atoms with Crippen LogP contribution in [0.4, 0.5) is 4.39 Å². The third kappa shape index (κ3) is 2.80. The van der Waals surface area contributed by atoms with E-state index in [1.165, 1.54) is 6.07 Å². The lowest BCUT2D eigenvalue weighted by Gasteiger charge is -2.34. The molecule has 3 N–H and O–H groups in total. The van der Waals surface area contributed by atoms with Gasteiger partial charge in [0.15, 0.2) is 0 Å². The number of nitrogens with two attached hydrogens (primary N) is 1. The number of hydrogen-bond donors (Lipinski definition) is 2. The number of hydrogen-bond acceptors (Lipinski definition) is 3. The van der Waals surface area contributed by atoms with Crippen LogP contribution in [0.25, 0.3) is 0 Å². The van der Waals surface area contributed by atoms with Crippen molar-refractivity contribution < 1.29 is 9.18 Å². The molecule has 0 aromatic heterocycles. The summed E-state index contributed by atoms with van der Waals surface area (Å²) in [5.41, 5.74) is 6.02. The molecular formula is C12H15ClFN3O. The van der Waals surface area contributed by atoms with Crippen LogP contribution in [0.2, 0.25) is 5.02 Å². The molecule has 98 valence electrons. The summed E-state index contributed by atoms with van der Waals surface area (Å²) < 4.78 is 13.3. The third-order valence-corrected chi connectivity index (χ3v) is 3.51. The Bertz CT molecular complexity index is 455. The van der Waals surface area contributed by atoms with Gasteiger partial charge in [0.25, 0.3) is 0 Å². The maximum absolute atomic E-state index is 13.3. The van der Waals surface area contributed by atoms with Gasteiger partial charge in [0.05, 0.1) is 5.02 Å². The average Bonchev–Trinajstić information content (AvgIpc) is 2.35. The Morgan fingerprint density at radius 1 is 1.61 bits per heavy atom. The highest BCUT2D eigenvalue weighted by Gasteiger charge is 2.27. The summed E-state index contributed by atoms with van der Waals surface area (Å²) in [4.78, 5) is 13.3. The molecule has 0 bridgehead atoms. The van der Waals surface area contributed by atoms with Gasteiger partial charge in [0.2, 0.25) is 5.91 Å². The lowest BCUT2D eigenvalue weighted by Crippen LogP contribution is -2.56. The summed E-state index contributed by atoms with van der Waals surface area (Å²) in [5.74, 6) is -0.824. The van der Waals surface area contributed by atoms with Gasteiger partial charge in [-0.3, -0.25) is 9.69 Å². The molecule has 1 saturated heterocycles. The number of rotatable bonds is 3. The van der Waals surface area contributed by atoms with E-state index in [4.69, 9.17) is 17.3 Å². The van der Waals surface area contributed by atoms with E-state index in [2.05, 4.69) is 5.32 Å². The van der Waals surface area contributed by atoms with E-state index in [1.54, 1.807) is 12.1 Å². The molecule has 0 saturated carbocycles. The predicted octanol–water partition coefficient (Wildman–Crippen LogP) is 0.738. The number of carbonyl (C=O) groups excluding carboxylic acids is 1. The summed E-state index contributed by atoms with van der Waals surface area (Å²) in [6.07, 6.45) is 0. The van der Waals surface area contributed by atoms with Crippen molar-refractivity contribution in [3.05, 3.63) is 34.6 Å². The molecule has 1 heterocycles. The van der Waals surface area contributed by atoms with Crippen LogP contribution in [0.15, 0.2) is 18.2 Å². The van der Waals surface area contributed by atoms with E-state index in [-0.39, 0.29) is 17.0 Å². The Kier molecular flexibility index (Phi) is 4.16. The molecule has 1 aliphatic rings. The Morgan fingerprint density at radius 2 is 2.39 bits per heavy atom. The third-order valence-electron chi connectivity index (χ3n) is 3.09. The van der Waals surface area contributed by atoms with E-state index < -0.39 is 5.82 Å². The van der Waals surface area contributed by atoms with Crippen LogP contribution in [-0.4, -0.2) is 36.5 Å². The zero-order valence-corrected chi connectivity index (χ0v) is 10.6. The number of nitrogens with one attached hydrogen (secondary N) is 1. The fraction of sp³-hybridized carbons (Fsp3) is 0.417. The van der Waals surface area contributed by atoms with Crippen molar-refractivity contribution in [1.29, 1.82) is 0 Å². The normalized spacial score (nSPS) is 20.9. The van der Waals surface area contributed by atoms with E-state index in [1.807, 2.05) is 4.90 Å². The molecule has 6 heteroatoms. The van der Waals surface area contributed by atoms with Crippen LogP contribution >= 0.6 is 11.6 Å². The highest BCUT2D eigenvalue weighted by molar-refractivity contribution is 6.31. The van der Waals surface area contributed by atoms with E-state index in [0.717, 1.165) is 6.54 Å². The summed E-state index contributed by atoms with van der Waals surface area (Å²) in [6, 6.07) is 4.30. The van der Waals surface area contributed by atoms with Crippen LogP contribution in [0.3, 0.4) is 0 Å². The molecule has 18 heavy (non-hydrogen) atoms. The summed E-state index contributed by atoms with van der Waals surface area (Å²) in [7, 11) is 0. The van der Waals surface area contributed by atoms with Crippen molar-refractivity contribution in [2.24, 2.45) is 5.73 Å². The van der Waals surface area contributed by atoms with E-state index >= 15 is 0 Å². The van der Waals surface area contributed by atoms with Crippen LogP contribution in [-0.2, 0) is 11.3 Å². The maximum atomic E-state index is 13.3. The van der Waals surface area contributed by atoms with E-state index in [0.29, 0.717) is 25.2 Å². The SMILES string of the molecule is NC(=O)C1CNCCN1Cc1cccc(F)c1Cl. The Morgan fingerprint density at radius 3 is 3.11 bits per heavy atom. The molecule has 0 aliphatic carbocycles. The maximum Gasteiger partial charge on any atom is 0.236 e. The topological polar surface area (TPSA) is 58.4 Å². The van der Waals surface area contributed by atoms with Gasteiger partial charge in [0.1, 0.15) is 11.9 Å². The first kappa shape index (κ1) is 13.3. The van der Waals surface area contributed by atoms with Crippen LogP contribution < -0.4 is 11.1 Å². The lowest BCUT2D eigenvalue weighted by atomic mass is 10.1. The Balaban J connectivity index is 2.16. The van der Waals surface area contributed by atoms with Crippen LogP contribution in [0.1, 0.15) is 5.56 Å². The molecule has 1 unspecified atom stereocenters. The van der Waals surface area contributed by atoms with Gasteiger partial charge in [-0.25, -0.2) is 4.39 Å². The van der Waals surface area contributed by atoms with Gasteiger partial charge in [-0.2, -0.15) is 0 Å². The first-order valence-corrected chi connectivity index (χ1v) is 6.14. The van der Waals surface area contributed by atoms with Gasteiger partial charge < -0.3 is 11.1 Å². The lowest BCUT2D eigenvalue weighted by molar-refractivity contribution is -0.124. The molecule has 1 fully saturated rings. The second-order valence-electron chi connectivity index (χ2n) is 4.31. The standard InChI is InChI=1S/C12H15ClFN3O/c13-11-8(2-1-3-9(11)14)7-17-5-4-16-6-10(17)12(15)18/h1-3,10,16H,4-7H2,(H2,15,18). The van der Waals surface area contributed by atoms with Crippen molar-refractivity contribution in [2.45, 2.75) is 12.6 Å². The van der Waals surface area contributed by atoms with Gasteiger partial charge in [-0.1, -0.05) is 23.7 Å². The molecule has 0 radical (unpaired) electrons. The molecule has 1 amide bonds. The molecule has 1 aromatic carbocycles. The van der Waals surface area contributed by atoms with Crippen molar-refractivity contribution >= 4 is 17.5 Å². The second kappa shape index (κ2) is 5.65. The second-order valence-corrected chi connectivity index (χ2v) is 4.68. The molecule has 4 nitrogen and oxygen atoms in total. The fourth-order valence-corrected chi connectivity index (χ4v) is 2.29. The number of nitrogens with zero attached hydrogens (tertiary/aromatic N) is 1. The van der Waals surface area contributed by atoms with Crippen molar-refractivity contribution in [1.82, 2.24) is 10.2 Å². The van der Waals surface area contributed by atoms with Crippen molar-refractivity contribution in [2.75, 3.05) is 19.6 Å². The molecule has 2 rings (SSSR count). The Labute approximate surface area is 110 Å². The molecule has 0 spiro atoms. The smallest absolute Gasteiger partial charge is 0.236 e. The monoisotopic (exact) mass is 271 g/mol. The molecular weight excluding hydrogens is 257 g/mol. The first-order valence-electron chi connectivity index (χ1n) is 5.76. The zero-order chi connectivity index (χ0) is 13.1. The number of carbonyl (C=O) groups is 1.